The molecule has 0 aromatic rings. The summed E-state index contributed by atoms with van der Waals surface area (Å²) in [6.45, 7) is 8.27. The molecule has 0 aliphatic carbocycles. The fourth-order valence-electron chi connectivity index (χ4n) is 2.50. The van der Waals surface area contributed by atoms with Gasteiger partial charge in [0.2, 0.25) is 0 Å². The van der Waals surface area contributed by atoms with Crippen molar-refractivity contribution in [2.45, 2.75) is 58.0 Å². The van der Waals surface area contributed by atoms with Crippen molar-refractivity contribution in [1.82, 2.24) is 15.5 Å². The molecule has 0 aromatic carbocycles. The van der Waals surface area contributed by atoms with Crippen LogP contribution in [0.25, 0.3) is 0 Å². The normalized spacial score (nSPS) is 18.4. The molecular weight excluding hydrogens is 258 g/mol. The van der Waals surface area contributed by atoms with Crippen LogP contribution in [0.5, 0.6) is 0 Å². The van der Waals surface area contributed by atoms with Crippen molar-refractivity contribution in [2.75, 3.05) is 19.6 Å². The molecule has 1 unspecified atom stereocenters. The molecule has 0 aromatic heterocycles. The molecule has 1 fully saturated rings. The number of aliphatic carboxylic acids is 1. The van der Waals surface area contributed by atoms with Crippen molar-refractivity contribution in [3.05, 3.63) is 0 Å². The van der Waals surface area contributed by atoms with E-state index in [2.05, 4.69) is 22.5 Å². The Balaban J connectivity index is 2.29. The SMILES string of the molecule is CC(CNC(=O)NC(C)(C)CC(=O)O)N1CCCCC1. The van der Waals surface area contributed by atoms with Crippen LogP contribution in [0.4, 0.5) is 4.79 Å². The number of amides is 2. The first-order chi connectivity index (χ1) is 9.30. The number of likely N-dealkylation sites (tertiary alicyclic amines) is 1. The zero-order valence-electron chi connectivity index (χ0n) is 12.7. The Hall–Kier alpha value is -1.30. The van der Waals surface area contributed by atoms with Crippen molar-refractivity contribution in [2.24, 2.45) is 0 Å². The van der Waals surface area contributed by atoms with E-state index in [1.807, 2.05) is 0 Å². The standard InChI is InChI=1S/C14H27N3O3/c1-11(17-7-5-4-6-8-17)10-15-13(20)16-14(2,3)9-12(18)19/h11H,4-10H2,1-3H3,(H,18,19)(H2,15,16,20). The van der Waals surface area contributed by atoms with Crippen LogP contribution >= 0.6 is 0 Å². The molecule has 0 saturated carbocycles. The maximum atomic E-state index is 11.8. The molecular formula is C14H27N3O3. The lowest BCUT2D eigenvalue weighted by Gasteiger charge is -2.32. The number of carboxylic acid groups (broad SMARTS) is 1. The highest BCUT2D eigenvalue weighted by Crippen LogP contribution is 2.11. The maximum Gasteiger partial charge on any atom is 0.315 e. The molecule has 116 valence electrons. The first-order valence-corrected chi connectivity index (χ1v) is 7.32. The van der Waals surface area contributed by atoms with Gasteiger partial charge in [0.15, 0.2) is 0 Å². The van der Waals surface area contributed by atoms with Gasteiger partial charge in [-0.15, -0.1) is 0 Å². The first-order valence-electron chi connectivity index (χ1n) is 7.32. The fraction of sp³-hybridized carbons (Fsp3) is 0.857. The maximum absolute atomic E-state index is 11.8. The monoisotopic (exact) mass is 285 g/mol. The van der Waals surface area contributed by atoms with Gasteiger partial charge in [-0.2, -0.15) is 0 Å². The van der Waals surface area contributed by atoms with Crippen molar-refractivity contribution in [1.29, 1.82) is 0 Å². The van der Waals surface area contributed by atoms with Crippen LogP contribution in [0.3, 0.4) is 0 Å². The average molecular weight is 285 g/mol. The number of nitrogens with zero attached hydrogens (tertiary/aromatic N) is 1. The Kier molecular flexibility index (Phi) is 6.26. The summed E-state index contributed by atoms with van der Waals surface area (Å²) in [7, 11) is 0. The summed E-state index contributed by atoms with van der Waals surface area (Å²) in [6, 6.07) is 0.00347. The summed E-state index contributed by atoms with van der Waals surface area (Å²) in [5, 5.41) is 14.3. The molecule has 1 saturated heterocycles. The van der Waals surface area contributed by atoms with Gasteiger partial charge in [0.05, 0.1) is 6.42 Å². The number of carbonyl (C=O) groups excluding carboxylic acids is 1. The number of rotatable bonds is 6. The molecule has 1 heterocycles. The van der Waals surface area contributed by atoms with Gasteiger partial charge in [-0.1, -0.05) is 6.42 Å². The van der Waals surface area contributed by atoms with Gasteiger partial charge in [0, 0.05) is 18.1 Å². The lowest BCUT2D eigenvalue weighted by Crippen LogP contribution is -2.52. The highest BCUT2D eigenvalue weighted by atomic mass is 16.4. The molecule has 0 bridgehead atoms. The lowest BCUT2D eigenvalue weighted by molar-refractivity contribution is -0.138. The summed E-state index contributed by atoms with van der Waals surface area (Å²) < 4.78 is 0. The molecule has 6 heteroatoms. The van der Waals surface area contributed by atoms with Crippen molar-refractivity contribution in [3.63, 3.8) is 0 Å². The highest BCUT2D eigenvalue weighted by Gasteiger charge is 2.24. The Morgan fingerprint density at radius 1 is 1.25 bits per heavy atom. The smallest absolute Gasteiger partial charge is 0.315 e. The number of piperidine rings is 1. The molecule has 20 heavy (non-hydrogen) atoms. The van der Waals surface area contributed by atoms with E-state index in [9.17, 15) is 9.59 Å². The van der Waals surface area contributed by atoms with Crippen molar-refractivity contribution in [3.8, 4) is 0 Å². The van der Waals surface area contributed by atoms with E-state index in [-0.39, 0.29) is 12.5 Å². The van der Waals surface area contributed by atoms with Crippen LogP contribution in [0.1, 0.15) is 46.5 Å². The predicted molar refractivity (Wildman–Crippen MR) is 77.8 cm³/mol. The third kappa shape index (κ3) is 6.23. The number of carboxylic acids is 1. The minimum atomic E-state index is -0.919. The Morgan fingerprint density at radius 3 is 2.40 bits per heavy atom. The van der Waals surface area contributed by atoms with Crippen molar-refractivity contribution < 1.29 is 14.7 Å². The van der Waals surface area contributed by atoms with Gasteiger partial charge in [-0.25, -0.2) is 4.79 Å². The Labute approximate surface area is 120 Å². The summed E-state index contributed by atoms with van der Waals surface area (Å²) >= 11 is 0. The minimum absolute atomic E-state index is 0.0951. The van der Waals surface area contributed by atoms with Crippen LogP contribution in [0.2, 0.25) is 0 Å². The van der Waals surface area contributed by atoms with E-state index in [0.29, 0.717) is 12.6 Å². The van der Waals surface area contributed by atoms with Gasteiger partial charge in [-0.3, -0.25) is 9.69 Å². The Morgan fingerprint density at radius 2 is 1.85 bits per heavy atom. The average Bonchev–Trinajstić information content (AvgIpc) is 2.34. The number of hydrogen-bond acceptors (Lipinski definition) is 3. The van der Waals surface area contributed by atoms with E-state index >= 15 is 0 Å². The van der Waals surface area contributed by atoms with Crippen LogP contribution in [-0.2, 0) is 4.79 Å². The topological polar surface area (TPSA) is 81.7 Å². The molecule has 6 nitrogen and oxygen atoms in total. The second-order valence-corrected chi connectivity index (χ2v) is 6.24. The number of hydrogen-bond donors (Lipinski definition) is 3. The van der Waals surface area contributed by atoms with Gasteiger partial charge in [-0.05, 0) is 46.7 Å². The third-order valence-corrected chi connectivity index (χ3v) is 3.62. The van der Waals surface area contributed by atoms with Crippen LogP contribution in [0.15, 0.2) is 0 Å². The highest BCUT2D eigenvalue weighted by molar-refractivity contribution is 5.76. The summed E-state index contributed by atoms with van der Waals surface area (Å²) in [4.78, 5) is 24.9. The third-order valence-electron chi connectivity index (χ3n) is 3.62. The quantitative estimate of drug-likeness (QED) is 0.689. The largest absolute Gasteiger partial charge is 0.481 e. The van der Waals surface area contributed by atoms with Crippen molar-refractivity contribution >= 4 is 12.0 Å². The molecule has 1 rings (SSSR count). The van der Waals surface area contributed by atoms with Crippen LogP contribution in [0, 0.1) is 0 Å². The molecule has 3 N–H and O–H groups in total. The van der Waals surface area contributed by atoms with Gasteiger partial charge in [0.25, 0.3) is 0 Å². The number of nitrogens with one attached hydrogen (secondary N) is 2. The van der Waals surface area contributed by atoms with E-state index in [1.165, 1.54) is 19.3 Å². The lowest BCUT2D eigenvalue weighted by atomic mass is 10.0. The van der Waals surface area contributed by atoms with Gasteiger partial charge < -0.3 is 15.7 Å². The van der Waals surface area contributed by atoms with E-state index in [4.69, 9.17) is 5.11 Å². The minimum Gasteiger partial charge on any atom is -0.481 e. The molecule has 0 spiro atoms. The zero-order valence-corrected chi connectivity index (χ0v) is 12.7. The molecule has 2 amide bonds. The van der Waals surface area contributed by atoms with Gasteiger partial charge >= 0.3 is 12.0 Å². The van der Waals surface area contributed by atoms with E-state index in [1.54, 1.807) is 13.8 Å². The van der Waals surface area contributed by atoms with E-state index in [0.717, 1.165) is 13.1 Å². The molecule has 1 aliphatic rings. The van der Waals surface area contributed by atoms with Crippen LogP contribution in [-0.4, -0.2) is 53.2 Å². The fourth-order valence-corrected chi connectivity index (χ4v) is 2.50. The zero-order chi connectivity index (χ0) is 15.2. The molecule has 1 atom stereocenters. The second-order valence-electron chi connectivity index (χ2n) is 6.24. The summed E-state index contributed by atoms with van der Waals surface area (Å²) in [5.41, 5.74) is -0.746. The van der Waals surface area contributed by atoms with Gasteiger partial charge in [0.1, 0.15) is 0 Å². The summed E-state index contributed by atoms with van der Waals surface area (Å²) in [6.07, 6.45) is 3.65. The number of carbonyl (C=O) groups is 2. The number of urea groups is 1. The first kappa shape index (κ1) is 16.8. The molecule has 1 aliphatic heterocycles. The second kappa shape index (κ2) is 7.47. The van der Waals surface area contributed by atoms with Crippen LogP contribution < -0.4 is 10.6 Å². The Bertz CT molecular complexity index is 339. The molecule has 0 radical (unpaired) electrons. The van der Waals surface area contributed by atoms with E-state index < -0.39 is 11.5 Å². The predicted octanol–water partition coefficient (Wildman–Crippen LogP) is 1.41. The summed E-state index contributed by atoms with van der Waals surface area (Å²) in [5.74, 6) is -0.919.